The fourth-order valence-corrected chi connectivity index (χ4v) is 2.58. The van der Waals surface area contributed by atoms with Crippen LogP contribution in [-0.4, -0.2) is 64.6 Å². The average Bonchev–Trinajstić information content (AvgIpc) is 3.13. The summed E-state index contributed by atoms with van der Waals surface area (Å²) in [7, 11) is 1.60. The second-order valence-electron chi connectivity index (χ2n) is 5.83. The van der Waals surface area contributed by atoms with Crippen LogP contribution < -0.4 is 5.32 Å². The van der Waals surface area contributed by atoms with Gasteiger partial charge in [-0.25, -0.2) is 9.18 Å². The first-order chi connectivity index (χ1) is 12.7. The topological polar surface area (TPSA) is 94.4 Å². The van der Waals surface area contributed by atoms with Crippen LogP contribution in [0.2, 0.25) is 0 Å². The van der Waals surface area contributed by atoms with Crippen LogP contribution in [0.1, 0.15) is 17.5 Å². The molecular formula is C16H21FN6O3. The van der Waals surface area contributed by atoms with Crippen molar-refractivity contribution in [1.29, 1.82) is 0 Å². The van der Waals surface area contributed by atoms with Crippen molar-refractivity contribution in [3.63, 3.8) is 0 Å². The van der Waals surface area contributed by atoms with Crippen LogP contribution in [0.5, 0.6) is 0 Å². The third kappa shape index (κ3) is 4.73. The van der Waals surface area contributed by atoms with Crippen molar-refractivity contribution in [1.82, 2.24) is 30.4 Å². The molecule has 1 aliphatic heterocycles. The molecule has 2 aromatic rings. The van der Waals surface area contributed by atoms with Gasteiger partial charge in [-0.2, -0.15) is 4.80 Å². The first-order valence-corrected chi connectivity index (χ1v) is 8.31. The van der Waals surface area contributed by atoms with Crippen LogP contribution in [0.15, 0.2) is 24.3 Å². The van der Waals surface area contributed by atoms with Crippen LogP contribution in [0.4, 0.5) is 9.18 Å². The highest BCUT2D eigenvalue weighted by Crippen LogP contribution is 2.18. The maximum atomic E-state index is 13.2. The Kier molecular flexibility index (Phi) is 6.08. The molecule has 1 fully saturated rings. The van der Waals surface area contributed by atoms with Crippen LogP contribution >= 0.6 is 0 Å². The number of rotatable bonds is 6. The molecular weight excluding hydrogens is 343 g/mol. The van der Waals surface area contributed by atoms with Crippen molar-refractivity contribution in [2.75, 3.05) is 33.4 Å². The molecule has 0 aliphatic carbocycles. The summed E-state index contributed by atoms with van der Waals surface area (Å²) in [6.07, 6.45) is -0.431. The summed E-state index contributed by atoms with van der Waals surface area (Å²) in [5.41, 5.74) is 0.700. The zero-order chi connectivity index (χ0) is 18.4. The summed E-state index contributed by atoms with van der Waals surface area (Å²) >= 11 is 0. The molecule has 9 nitrogen and oxygen atoms in total. The van der Waals surface area contributed by atoms with E-state index in [9.17, 15) is 9.18 Å². The number of carbonyl (C=O) groups excluding carboxylic acids is 1. The smallest absolute Gasteiger partial charge is 0.317 e. The average molecular weight is 364 g/mol. The minimum absolute atomic E-state index is 0.241. The lowest BCUT2D eigenvalue weighted by molar-refractivity contribution is -0.0202. The summed E-state index contributed by atoms with van der Waals surface area (Å²) in [6, 6.07) is 5.89. The maximum absolute atomic E-state index is 13.2. The fourth-order valence-electron chi connectivity index (χ4n) is 2.58. The maximum Gasteiger partial charge on any atom is 0.317 e. The number of nitrogens with zero attached hydrogens (tertiary/aromatic N) is 5. The molecule has 1 aliphatic rings. The Hall–Kier alpha value is -2.59. The van der Waals surface area contributed by atoms with E-state index in [4.69, 9.17) is 9.47 Å². The molecule has 0 spiro atoms. The van der Waals surface area contributed by atoms with Gasteiger partial charge in [-0.3, -0.25) is 0 Å². The standard InChI is InChI=1S/C16H21FN6O3/c1-25-7-6-23-20-15(19-21-23)14-11-22(5-8-26-14)16(24)18-10-12-3-2-4-13(17)9-12/h2-4,9,14H,5-8,10-11H2,1H3,(H,18,24). The number of ether oxygens (including phenoxy) is 2. The Labute approximate surface area is 150 Å². The van der Waals surface area contributed by atoms with Crippen LogP contribution in [0, 0.1) is 5.82 Å². The van der Waals surface area contributed by atoms with E-state index < -0.39 is 6.10 Å². The Morgan fingerprint density at radius 2 is 2.38 bits per heavy atom. The molecule has 3 rings (SSSR count). The number of amides is 2. The number of hydrogen-bond donors (Lipinski definition) is 1. The van der Waals surface area contributed by atoms with E-state index in [0.717, 1.165) is 0 Å². The number of nitrogens with one attached hydrogen (secondary N) is 1. The van der Waals surface area contributed by atoms with Crippen LogP contribution in [0.25, 0.3) is 0 Å². The van der Waals surface area contributed by atoms with Gasteiger partial charge in [-0.1, -0.05) is 12.1 Å². The Bertz CT molecular complexity index is 740. The monoisotopic (exact) mass is 364 g/mol. The zero-order valence-corrected chi connectivity index (χ0v) is 14.5. The minimum Gasteiger partial charge on any atom is -0.383 e. The zero-order valence-electron chi connectivity index (χ0n) is 14.5. The summed E-state index contributed by atoms with van der Waals surface area (Å²) in [6.45, 7) is 2.40. The van der Waals surface area contributed by atoms with Gasteiger partial charge in [0.1, 0.15) is 11.9 Å². The van der Waals surface area contributed by atoms with Gasteiger partial charge >= 0.3 is 6.03 Å². The molecule has 0 bridgehead atoms. The van der Waals surface area contributed by atoms with E-state index in [0.29, 0.717) is 44.2 Å². The van der Waals surface area contributed by atoms with Gasteiger partial charge in [0.05, 0.1) is 26.3 Å². The highest BCUT2D eigenvalue weighted by atomic mass is 19.1. The summed E-state index contributed by atoms with van der Waals surface area (Å²) in [5, 5.41) is 15.0. The van der Waals surface area contributed by atoms with Crippen molar-refractivity contribution in [3.05, 3.63) is 41.5 Å². The third-order valence-corrected chi connectivity index (χ3v) is 3.94. The first kappa shape index (κ1) is 18.2. The molecule has 1 aromatic carbocycles. The molecule has 26 heavy (non-hydrogen) atoms. The van der Waals surface area contributed by atoms with Gasteiger partial charge in [-0.15, -0.1) is 10.2 Å². The van der Waals surface area contributed by atoms with Crippen molar-refractivity contribution in [3.8, 4) is 0 Å². The first-order valence-electron chi connectivity index (χ1n) is 8.31. The number of benzene rings is 1. The number of urea groups is 1. The van der Waals surface area contributed by atoms with E-state index in [1.54, 1.807) is 24.1 Å². The molecule has 1 atom stereocenters. The lowest BCUT2D eigenvalue weighted by Crippen LogP contribution is -2.47. The van der Waals surface area contributed by atoms with Gasteiger partial charge in [0.2, 0.25) is 5.82 Å². The molecule has 2 heterocycles. The third-order valence-electron chi connectivity index (χ3n) is 3.94. The molecule has 2 amide bonds. The molecule has 0 radical (unpaired) electrons. The number of morpholine rings is 1. The van der Waals surface area contributed by atoms with Crippen LogP contribution in [0.3, 0.4) is 0 Å². The molecule has 140 valence electrons. The largest absolute Gasteiger partial charge is 0.383 e. The second-order valence-corrected chi connectivity index (χ2v) is 5.83. The highest BCUT2D eigenvalue weighted by molar-refractivity contribution is 5.74. The predicted octanol–water partition coefficient (Wildman–Crippen LogP) is 0.742. The molecule has 1 saturated heterocycles. The number of halogens is 1. The van der Waals surface area contributed by atoms with E-state index >= 15 is 0 Å². The Morgan fingerprint density at radius 1 is 1.50 bits per heavy atom. The van der Waals surface area contributed by atoms with Crippen molar-refractivity contribution >= 4 is 6.03 Å². The number of methoxy groups -OCH3 is 1. The summed E-state index contributed by atoms with van der Waals surface area (Å²) in [5.74, 6) is 0.106. The predicted molar refractivity (Wildman–Crippen MR) is 88.6 cm³/mol. The minimum atomic E-state index is -0.431. The molecule has 1 unspecified atom stereocenters. The molecule has 0 saturated carbocycles. The van der Waals surface area contributed by atoms with Crippen molar-refractivity contribution in [2.45, 2.75) is 19.2 Å². The van der Waals surface area contributed by atoms with Gasteiger partial charge in [0.15, 0.2) is 0 Å². The van der Waals surface area contributed by atoms with E-state index in [2.05, 4.69) is 20.7 Å². The molecule has 1 N–H and O–H groups in total. The van der Waals surface area contributed by atoms with Gasteiger partial charge in [0.25, 0.3) is 0 Å². The van der Waals surface area contributed by atoms with Gasteiger partial charge in [-0.05, 0) is 22.9 Å². The number of tetrazole rings is 1. The highest BCUT2D eigenvalue weighted by Gasteiger charge is 2.28. The lowest BCUT2D eigenvalue weighted by Gasteiger charge is -2.31. The molecule has 10 heteroatoms. The van der Waals surface area contributed by atoms with E-state index in [1.807, 2.05) is 0 Å². The van der Waals surface area contributed by atoms with Gasteiger partial charge < -0.3 is 19.7 Å². The normalized spacial score (nSPS) is 17.3. The van der Waals surface area contributed by atoms with E-state index in [1.165, 1.54) is 16.9 Å². The lowest BCUT2D eigenvalue weighted by atomic mass is 10.2. The second kappa shape index (κ2) is 8.68. The number of hydrogen-bond acceptors (Lipinski definition) is 6. The number of aromatic nitrogens is 4. The summed E-state index contributed by atoms with van der Waals surface area (Å²) in [4.78, 5) is 15.4. The SMILES string of the molecule is COCCn1nnc(C2CN(C(=O)NCc3cccc(F)c3)CCO2)n1. The number of carbonyl (C=O) groups is 1. The van der Waals surface area contributed by atoms with Crippen molar-refractivity contribution in [2.24, 2.45) is 0 Å². The fraction of sp³-hybridized carbons (Fsp3) is 0.500. The quantitative estimate of drug-likeness (QED) is 0.813. The van der Waals surface area contributed by atoms with E-state index in [-0.39, 0.29) is 18.4 Å². The Morgan fingerprint density at radius 3 is 3.19 bits per heavy atom. The summed E-state index contributed by atoms with van der Waals surface area (Å²) < 4.78 is 23.8. The van der Waals surface area contributed by atoms with Crippen LogP contribution in [-0.2, 0) is 22.6 Å². The van der Waals surface area contributed by atoms with Gasteiger partial charge in [0, 0.05) is 20.2 Å². The molecule has 1 aromatic heterocycles. The van der Waals surface area contributed by atoms with Crippen molar-refractivity contribution < 1.29 is 18.7 Å². The Balaban J connectivity index is 1.54.